The van der Waals surface area contributed by atoms with Crippen molar-refractivity contribution in [2.24, 2.45) is 0 Å². The summed E-state index contributed by atoms with van der Waals surface area (Å²) in [6.07, 6.45) is 0.762. The van der Waals surface area contributed by atoms with Crippen molar-refractivity contribution in [2.75, 3.05) is 19.0 Å². The molecule has 1 aromatic heterocycles. The van der Waals surface area contributed by atoms with E-state index in [4.69, 9.17) is 4.74 Å². The first-order valence-electron chi connectivity index (χ1n) is 10.2. The van der Waals surface area contributed by atoms with Crippen LogP contribution in [0.3, 0.4) is 0 Å². The molecule has 0 aliphatic heterocycles. The van der Waals surface area contributed by atoms with Gasteiger partial charge in [-0.1, -0.05) is 31.2 Å². The van der Waals surface area contributed by atoms with Crippen molar-refractivity contribution in [2.45, 2.75) is 31.8 Å². The van der Waals surface area contributed by atoms with E-state index in [0.717, 1.165) is 22.0 Å². The number of carbonyl (C=O) groups is 2. The van der Waals surface area contributed by atoms with E-state index >= 15 is 0 Å². The third-order valence-corrected chi connectivity index (χ3v) is 7.54. The number of ether oxygens (including phenoxy) is 1. The van der Waals surface area contributed by atoms with E-state index in [1.165, 1.54) is 56.6 Å². The lowest BCUT2D eigenvalue weighted by Gasteiger charge is -2.20. The van der Waals surface area contributed by atoms with Gasteiger partial charge in [-0.05, 0) is 36.2 Å². The standard InChI is InChI=1S/C23H25N3O5S2/c1-5-17-9-6-7-12-21(17)26(16(2)27)23-24-19(15-32-23)14-31-22(28)18-10-8-11-20(13-18)33(29,30)25(3)4/h6-13,15H,5,14H2,1-4H3. The molecule has 0 fully saturated rings. The highest BCUT2D eigenvalue weighted by Gasteiger charge is 2.22. The van der Waals surface area contributed by atoms with Gasteiger partial charge in [-0.25, -0.2) is 22.5 Å². The van der Waals surface area contributed by atoms with Crippen molar-refractivity contribution in [1.82, 2.24) is 9.29 Å². The van der Waals surface area contributed by atoms with Crippen molar-refractivity contribution in [3.8, 4) is 0 Å². The molecule has 2 aromatic carbocycles. The summed E-state index contributed by atoms with van der Waals surface area (Å²) >= 11 is 1.27. The van der Waals surface area contributed by atoms with E-state index < -0.39 is 16.0 Å². The van der Waals surface area contributed by atoms with E-state index in [1.807, 2.05) is 31.2 Å². The minimum Gasteiger partial charge on any atom is -0.456 e. The number of nitrogens with zero attached hydrogens (tertiary/aromatic N) is 3. The maximum absolute atomic E-state index is 12.5. The predicted octanol–water partition coefficient (Wildman–Crippen LogP) is 4.00. The third kappa shape index (κ3) is 5.47. The Labute approximate surface area is 197 Å². The smallest absolute Gasteiger partial charge is 0.338 e. The van der Waals surface area contributed by atoms with Gasteiger partial charge < -0.3 is 4.74 Å². The molecule has 3 aromatic rings. The fraction of sp³-hybridized carbons (Fsp3) is 0.261. The Kier molecular flexibility index (Phi) is 7.62. The summed E-state index contributed by atoms with van der Waals surface area (Å²) in [4.78, 5) is 30.9. The Bertz CT molecular complexity index is 1270. The predicted molar refractivity (Wildman–Crippen MR) is 127 cm³/mol. The zero-order valence-corrected chi connectivity index (χ0v) is 20.4. The Morgan fingerprint density at radius 1 is 1.09 bits per heavy atom. The lowest BCUT2D eigenvalue weighted by Crippen LogP contribution is -2.23. The van der Waals surface area contributed by atoms with E-state index in [-0.39, 0.29) is 23.0 Å². The number of hydrogen-bond acceptors (Lipinski definition) is 7. The van der Waals surface area contributed by atoms with Crippen LogP contribution in [0.15, 0.2) is 58.8 Å². The van der Waals surface area contributed by atoms with Crippen LogP contribution in [0.5, 0.6) is 0 Å². The normalized spacial score (nSPS) is 11.4. The average molecular weight is 488 g/mol. The van der Waals surface area contributed by atoms with E-state index in [9.17, 15) is 18.0 Å². The number of carbonyl (C=O) groups excluding carboxylic acids is 2. The van der Waals surface area contributed by atoms with Gasteiger partial charge in [0.2, 0.25) is 15.9 Å². The second-order valence-electron chi connectivity index (χ2n) is 7.35. The van der Waals surface area contributed by atoms with Gasteiger partial charge in [-0.15, -0.1) is 11.3 Å². The summed E-state index contributed by atoms with van der Waals surface area (Å²) in [5, 5.41) is 2.20. The zero-order valence-electron chi connectivity index (χ0n) is 18.8. The summed E-state index contributed by atoms with van der Waals surface area (Å²) in [7, 11) is -0.829. The molecule has 1 amide bonds. The number of para-hydroxylation sites is 1. The Balaban J connectivity index is 1.76. The molecule has 0 saturated carbocycles. The Morgan fingerprint density at radius 3 is 2.48 bits per heavy atom. The number of benzene rings is 2. The molecule has 0 N–H and O–H groups in total. The van der Waals surface area contributed by atoms with Crippen LogP contribution in [0.1, 0.15) is 35.5 Å². The Hall–Kier alpha value is -3.08. The summed E-state index contributed by atoms with van der Waals surface area (Å²) < 4.78 is 31.0. The number of aromatic nitrogens is 1. The van der Waals surface area contributed by atoms with E-state index in [0.29, 0.717) is 10.8 Å². The monoisotopic (exact) mass is 487 g/mol. The number of esters is 1. The number of aryl methyl sites for hydroxylation is 1. The molecular formula is C23H25N3O5S2. The molecule has 0 bridgehead atoms. The van der Waals surface area contributed by atoms with Gasteiger partial charge in [0, 0.05) is 26.4 Å². The number of thiazole rings is 1. The van der Waals surface area contributed by atoms with E-state index in [2.05, 4.69) is 4.98 Å². The fourth-order valence-corrected chi connectivity index (χ4v) is 4.93. The van der Waals surface area contributed by atoms with Crippen LogP contribution in [-0.2, 0) is 32.6 Å². The van der Waals surface area contributed by atoms with Gasteiger partial charge in [-0.3, -0.25) is 9.69 Å². The molecule has 0 atom stereocenters. The molecule has 8 nitrogen and oxygen atoms in total. The van der Waals surface area contributed by atoms with Crippen molar-refractivity contribution in [3.63, 3.8) is 0 Å². The number of anilines is 2. The van der Waals surface area contributed by atoms with Crippen LogP contribution in [0, 0.1) is 0 Å². The molecule has 0 radical (unpaired) electrons. The first kappa shape index (κ1) is 24.6. The molecule has 33 heavy (non-hydrogen) atoms. The van der Waals surface area contributed by atoms with Gasteiger partial charge in [0.25, 0.3) is 0 Å². The van der Waals surface area contributed by atoms with Crippen molar-refractivity contribution < 1.29 is 22.7 Å². The molecule has 0 unspecified atom stereocenters. The van der Waals surface area contributed by atoms with Crippen LogP contribution in [-0.4, -0.2) is 43.7 Å². The van der Waals surface area contributed by atoms with Crippen LogP contribution in [0.4, 0.5) is 10.8 Å². The van der Waals surface area contributed by atoms with Gasteiger partial charge >= 0.3 is 5.97 Å². The van der Waals surface area contributed by atoms with Crippen molar-refractivity contribution in [3.05, 3.63) is 70.7 Å². The maximum atomic E-state index is 12.5. The Morgan fingerprint density at radius 2 is 1.82 bits per heavy atom. The minimum absolute atomic E-state index is 0.00424. The van der Waals surface area contributed by atoms with Crippen LogP contribution < -0.4 is 4.90 Å². The van der Waals surface area contributed by atoms with Gasteiger partial charge in [-0.2, -0.15) is 0 Å². The third-order valence-electron chi connectivity index (χ3n) is 4.86. The first-order valence-corrected chi connectivity index (χ1v) is 12.5. The highest BCUT2D eigenvalue weighted by molar-refractivity contribution is 7.89. The van der Waals surface area contributed by atoms with Crippen molar-refractivity contribution >= 4 is 44.1 Å². The summed E-state index contributed by atoms with van der Waals surface area (Å²) in [5.74, 6) is -0.840. The zero-order chi connectivity index (χ0) is 24.2. The second-order valence-corrected chi connectivity index (χ2v) is 10.3. The summed E-state index contributed by atoms with van der Waals surface area (Å²) in [5.41, 5.74) is 2.39. The number of sulfonamides is 1. The van der Waals surface area contributed by atoms with Crippen molar-refractivity contribution in [1.29, 1.82) is 0 Å². The fourth-order valence-electron chi connectivity index (χ4n) is 3.12. The minimum atomic E-state index is -3.67. The number of hydrogen-bond donors (Lipinski definition) is 0. The quantitative estimate of drug-likeness (QED) is 0.446. The molecule has 3 rings (SSSR count). The maximum Gasteiger partial charge on any atom is 0.338 e. The summed E-state index contributed by atoms with van der Waals surface area (Å²) in [6.45, 7) is 3.38. The first-order chi connectivity index (χ1) is 15.6. The molecule has 0 spiro atoms. The molecule has 0 saturated heterocycles. The summed E-state index contributed by atoms with van der Waals surface area (Å²) in [6, 6.07) is 13.3. The molecular weight excluding hydrogens is 462 g/mol. The lowest BCUT2D eigenvalue weighted by atomic mass is 10.1. The van der Waals surface area contributed by atoms with Crippen LogP contribution >= 0.6 is 11.3 Å². The van der Waals surface area contributed by atoms with Gasteiger partial charge in [0.1, 0.15) is 6.61 Å². The number of amides is 1. The average Bonchev–Trinajstić information content (AvgIpc) is 3.26. The van der Waals surface area contributed by atoms with Crippen LogP contribution in [0.25, 0.3) is 0 Å². The molecule has 0 aliphatic carbocycles. The molecule has 1 heterocycles. The van der Waals surface area contributed by atoms with Gasteiger partial charge in [0.15, 0.2) is 5.13 Å². The van der Waals surface area contributed by atoms with Crippen LogP contribution in [0.2, 0.25) is 0 Å². The SMILES string of the molecule is CCc1ccccc1N(C(C)=O)c1nc(COC(=O)c2cccc(S(=O)(=O)N(C)C)c2)cs1. The lowest BCUT2D eigenvalue weighted by molar-refractivity contribution is -0.115. The molecule has 174 valence electrons. The second kappa shape index (κ2) is 10.2. The van der Waals surface area contributed by atoms with Gasteiger partial charge in [0.05, 0.1) is 21.8 Å². The topological polar surface area (TPSA) is 96.9 Å². The highest BCUT2D eigenvalue weighted by Crippen LogP contribution is 2.32. The molecule has 10 heteroatoms. The number of rotatable bonds is 8. The highest BCUT2D eigenvalue weighted by atomic mass is 32.2. The molecule has 0 aliphatic rings. The largest absolute Gasteiger partial charge is 0.456 e. The van der Waals surface area contributed by atoms with E-state index in [1.54, 1.807) is 10.3 Å².